The molecule has 11 heteroatoms. The van der Waals surface area contributed by atoms with Gasteiger partial charge in [-0.05, 0) is 56.0 Å². The van der Waals surface area contributed by atoms with E-state index in [9.17, 15) is 13.2 Å². The average molecular weight is 587 g/mol. The van der Waals surface area contributed by atoms with Crippen LogP contribution < -0.4 is 21.3 Å². The zero-order valence-corrected chi connectivity index (χ0v) is 24.4. The normalized spacial score (nSPS) is 17.3. The van der Waals surface area contributed by atoms with E-state index in [1.807, 2.05) is 61.2 Å². The number of amides is 1. The number of nitrogens with zero attached hydrogens (tertiary/aromatic N) is 3. The van der Waals surface area contributed by atoms with Crippen LogP contribution in [0.15, 0.2) is 83.8 Å². The van der Waals surface area contributed by atoms with Crippen LogP contribution in [0.2, 0.25) is 0 Å². The van der Waals surface area contributed by atoms with Crippen LogP contribution in [0.3, 0.4) is 0 Å². The smallest absolute Gasteiger partial charge is 0.294 e. The second-order valence-corrected chi connectivity index (χ2v) is 12.1. The van der Waals surface area contributed by atoms with Gasteiger partial charge in [0.2, 0.25) is 11.9 Å². The molecule has 10 nitrogen and oxygen atoms in total. The zero-order valence-electron chi connectivity index (χ0n) is 23.5. The molecule has 5 N–H and O–H groups in total. The Hall–Kier alpha value is -4.48. The molecule has 0 aliphatic carbocycles. The molecule has 218 valence electrons. The molecule has 1 unspecified atom stereocenters. The molecular weight excluding hydrogens is 552 g/mol. The number of hydrogen-bond acceptors (Lipinski definition) is 8. The Morgan fingerprint density at radius 3 is 2.43 bits per heavy atom. The van der Waals surface area contributed by atoms with E-state index in [-0.39, 0.29) is 4.90 Å². The third-order valence-electron chi connectivity index (χ3n) is 7.50. The zero-order chi connectivity index (χ0) is 29.9. The van der Waals surface area contributed by atoms with Gasteiger partial charge in [-0.2, -0.15) is 18.4 Å². The van der Waals surface area contributed by atoms with Crippen LogP contribution in [-0.2, 0) is 34.3 Å². The first kappa shape index (κ1) is 29.0. The van der Waals surface area contributed by atoms with E-state index in [0.717, 1.165) is 53.4 Å². The number of anilines is 4. The molecule has 1 aromatic heterocycles. The number of nitrogens with one attached hydrogen (secondary N) is 2. The molecule has 42 heavy (non-hydrogen) atoms. The summed E-state index contributed by atoms with van der Waals surface area (Å²) in [5, 5.41) is 6.91. The number of benzene rings is 3. The third-order valence-corrected chi connectivity index (χ3v) is 8.37. The summed E-state index contributed by atoms with van der Waals surface area (Å²) in [7, 11) is -4.02. The SMILES string of the molecule is CC1(C(N)=O)Cc2ccccc2N1c1nc2c(c(NCc3ccccc3)n1)CCCN2.Cc1ccc(S(=O)(=O)O)cc1. The molecule has 6 rings (SSSR count). The summed E-state index contributed by atoms with van der Waals surface area (Å²) >= 11 is 0. The second kappa shape index (κ2) is 11.8. The summed E-state index contributed by atoms with van der Waals surface area (Å²) in [6.45, 7) is 5.23. The summed E-state index contributed by atoms with van der Waals surface area (Å²) in [6.07, 6.45) is 2.46. The van der Waals surface area contributed by atoms with Gasteiger partial charge in [0.1, 0.15) is 17.2 Å². The maximum absolute atomic E-state index is 12.6. The topological polar surface area (TPSA) is 151 Å². The first-order chi connectivity index (χ1) is 20.1. The number of rotatable bonds is 6. The average Bonchev–Trinajstić information content (AvgIpc) is 3.29. The number of aryl methyl sites for hydroxylation is 1. The van der Waals surface area contributed by atoms with Crippen LogP contribution in [-0.4, -0.2) is 40.9 Å². The third kappa shape index (κ3) is 6.07. The summed E-state index contributed by atoms with van der Waals surface area (Å²) in [4.78, 5) is 24.1. The van der Waals surface area contributed by atoms with E-state index < -0.39 is 21.6 Å². The minimum atomic E-state index is -4.02. The molecule has 0 radical (unpaired) electrons. The van der Waals surface area contributed by atoms with Crippen LogP contribution in [0.5, 0.6) is 0 Å². The van der Waals surface area contributed by atoms with Crippen molar-refractivity contribution in [1.29, 1.82) is 0 Å². The van der Waals surface area contributed by atoms with Crippen molar-refractivity contribution in [2.24, 2.45) is 5.73 Å². The summed E-state index contributed by atoms with van der Waals surface area (Å²) in [5.74, 6) is 1.71. The van der Waals surface area contributed by atoms with E-state index in [0.29, 0.717) is 18.9 Å². The fourth-order valence-corrected chi connectivity index (χ4v) is 5.67. The number of aromatic nitrogens is 2. The van der Waals surface area contributed by atoms with Gasteiger partial charge in [-0.3, -0.25) is 14.2 Å². The maximum Gasteiger partial charge on any atom is 0.294 e. The first-order valence-electron chi connectivity index (χ1n) is 13.7. The number of primary amides is 1. The van der Waals surface area contributed by atoms with Gasteiger partial charge in [0, 0.05) is 30.8 Å². The highest BCUT2D eigenvalue weighted by atomic mass is 32.2. The lowest BCUT2D eigenvalue weighted by Gasteiger charge is -2.34. The van der Waals surface area contributed by atoms with Gasteiger partial charge in [-0.25, -0.2) is 0 Å². The molecule has 0 spiro atoms. The molecule has 1 atom stereocenters. The van der Waals surface area contributed by atoms with Gasteiger partial charge >= 0.3 is 0 Å². The number of hydrogen-bond donors (Lipinski definition) is 4. The molecule has 0 saturated carbocycles. The molecule has 2 aliphatic heterocycles. The molecule has 2 aliphatic rings. The number of nitrogens with two attached hydrogens (primary N) is 1. The lowest BCUT2D eigenvalue weighted by Crippen LogP contribution is -2.52. The predicted octanol–water partition coefficient (Wildman–Crippen LogP) is 4.63. The van der Waals surface area contributed by atoms with Crippen molar-refractivity contribution in [3.8, 4) is 0 Å². The van der Waals surface area contributed by atoms with Crippen molar-refractivity contribution in [1.82, 2.24) is 9.97 Å². The Morgan fingerprint density at radius 2 is 1.74 bits per heavy atom. The van der Waals surface area contributed by atoms with Gasteiger partial charge in [0.05, 0.1) is 4.90 Å². The van der Waals surface area contributed by atoms with Crippen molar-refractivity contribution in [3.05, 3.63) is 101 Å². The summed E-state index contributed by atoms with van der Waals surface area (Å²) in [6, 6.07) is 24.2. The van der Waals surface area contributed by atoms with Gasteiger partial charge < -0.3 is 16.4 Å². The lowest BCUT2D eigenvalue weighted by atomic mass is 9.96. The quantitative estimate of drug-likeness (QED) is 0.237. The number of para-hydroxylation sites is 1. The Morgan fingerprint density at radius 1 is 1.05 bits per heavy atom. The second-order valence-electron chi connectivity index (χ2n) is 10.6. The predicted molar refractivity (Wildman–Crippen MR) is 163 cm³/mol. The van der Waals surface area contributed by atoms with Crippen molar-refractivity contribution in [2.45, 2.75) is 50.1 Å². The van der Waals surface area contributed by atoms with E-state index in [4.69, 9.17) is 20.3 Å². The fourth-order valence-electron chi connectivity index (χ4n) is 5.19. The van der Waals surface area contributed by atoms with E-state index in [1.165, 1.54) is 17.7 Å². The van der Waals surface area contributed by atoms with Crippen LogP contribution in [0.4, 0.5) is 23.3 Å². The van der Waals surface area contributed by atoms with Crippen molar-refractivity contribution >= 4 is 39.3 Å². The van der Waals surface area contributed by atoms with E-state index in [1.54, 1.807) is 12.1 Å². The molecule has 0 saturated heterocycles. The number of fused-ring (bicyclic) bond motifs is 2. The highest BCUT2D eigenvalue weighted by Gasteiger charge is 2.47. The summed E-state index contributed by atoms with van der Waals surface area (Å²) < 4.78 is 29.6. The first-order valence-corrected chi connectivity index (χ1v) is 15.1. The number of carbonyl (C=O) groups excluding carboxylic acids is 1. The van der Waals surface area contributed by atoms with Crippen LogP contribution >= 0.6 is 0 Å². The van der Waals surface area contributed by atoms with E-state index in [2.05, 4.69) is 22.8 Å². The largest absolute Gasteiger partial charge is 0.370 e. The van der Waals surface area contributed by atoms with Crippen molar-refractivity contribution in [2.75, 3.05) is 22.1 Å². The molecule has 3 heterocycles. The molecular formula is C31H34N6O4S. The van der Waals surface area contributed by atoms with Crippen molar-refractivity contribution in [3.63, 3.8) is 0 Å². The van der Waals surface area contributed by atoms with Gasteiger partial charge in [-0.15, -0.1) is 0 Å². The molecule has 3 aromatic carbocycles. The monoisotopic (exact) mass is 586 g/mol. The minimum absolute atomic E-state index is 0.0666. The molecule has 0 bridgehead atoms. The molecule has 0 fully saturated rings. The summed E-state index contributed by atoms with van der Waals surface area (Å²) in [5.41, 5.74) is 10.2. The fraction of sp³-hybridized carbons (Fsp3) is 0.258. The maximum atomic E-state index is 12.6. The molecule has 4 aromatic rings. The van der Waals surface area contributed by atoms with Crippen LogP contribution in [0, 0.1) is 6.92 Å². The number of carbonyl (C=O) groups is 1. The van der Waals surface area contributed by atoms with Crippen LogP contribution in [0.1, 0.15) is 35.6 Å². The lowest BCUT2D eigenvalue weighted by molar-refractivity contribution is -0.122. The van der Waals surface area contributed by atoms with E-state index >= 15 is 0 Å². The highest BCUT2D eigenvalue weighted by Crippen LogP contribution is 2.44. The van der Waals surface area contributed by atoms with Gasteiger partial charge in [0.25, 0.3) is 10.1 Å². The standard InChI is InChI=1S/C24H26N6O.C7H8O3S/c1-24(22(25)31)14-17-10-5-6-12-19(17)30(24)23-28-20-18(11-7-13-26-20)21(29-23)27-15-16-8-3-2-4-9-16;1-6-2-4-7(5-3-6)11(8,9)10/h2-6,8-10,12H,7,11,13-15H2,1H3,(H2,25,31)(H2,26,27,28,29);2-5H,1H3,(H,8,9,10). The Bertz CT molecular complexity index is 1700. The highest BCUT2D eigenvalue weighted by molar-refractivity contribution is 7.85. The Balaban J connectivity index is 0.000000271. The van der Waals surface area contributed by atoms with Crippen LogP contribution in [0.25, 0.3) is 0 Å². The van der Waals surface area contributed by atoms with Gasteiger partial charge in [-0.1, -0.05) is 66.2 Å². The van der Waals surface area contributed by atoms with Crippen molar-refractivity contribution < 1.29 is 17.8 Å². The van der Waals surface area contributed by atoms with Gasteiger partial charge in [0.15, 0.2) is 0 Å². The Kier molecular flexibility index (Phi) is 8.15. The Labute approximate surface area is 245 Å². The molecule has 1 amide bonds. The minimum Gasteiger partial charge on any atom is -0.370 e.